The molecule has 122 valence electrons. The van der Waals surface area contributed by atoms with Gasteiger partial charge in [0, 0.05) is 15.1 Å². The van der Waals surface area contributed by atoms with E-state index in [1.54, 1.807) is 12.3 Å². The molecule has 0 saturated carbocycles. The Labute approximate surface area is 157 Å². The molecule has 3 rings (SSSR count). The first-order valence-electron chi connectivity index (χ1n) is 7.19. The van der Waals surface area contributed by atoms with Crippen LogP contribution >= 0.6 is 39.3 Å². The lowest BCUT2D eigenvalue weighted by Crippen LogP contribution is -2.25. The topological polar surface area (TPSA) is 53.8 Å². The van der Waals surface area contributed by atoms with Crippen molar-refractivity contribution >= 4 is 56.6 Å². The maximum Gasteiger partial charge on any atom is 0.239 e. The molecule has 24 heavy (non-hydrogen) atoms. The van der Waals surface area contributed by atoms with Crippen LogP contribution in [0.5, 0.6) is 0 Å². The van der Waals surface area contributed by atoms with Crippen molar-refractivity contribution in [2.75, 3.05) is 0 Å². The second kappa shape index (κ2) is 7.96. The van der Waals surface area contributed by atoms with Crippen LogP contribution in [0.4, 0.5) is 0 Å². The maximum atomic E-state index is 12.0. The van der Waals surface area contributed by atoms with Gasteiger partial charge in [0.25, 0.3) is 0 Å². The van der Waals surface area contributed by atoms with Gasteiger partial charge in [-0.05, 0) is 30.2 Å². The monoisotopic (exact) mass is 421 g/mol. The zero-order valence-electron chi connectivity index (χ0n) is 12.4. The lowest BCUT2D eigenvalue weighted by atomic mass is 10.1. The number of carbonyl (C=O) groups excluding carboxylic acids is 1. The molecular weight excluding hydrogens is 410 g/mol. The van der Waals surface area contributed by atoms with Gasteiger partial charge in [-0.15, -0.1) is 5.10 Å². The van der Waals surface area contributed by atoms with Gasteiger partial charge in [0.05, 0.1) is 11.5 Å². The Morgan fingerprint density at radius 3 is 2.71 bits per heavy atom. The molecule has 1 atom stereocenters. The smallest absolute Gasteiger partial charge is 0.239 e. The molecule has 1 N–H and O–H groups in total. The average molecular weight is 423 g/mol. The molecule has 1 unspecified atom stereocenters. The fourth-order valence-corrected chi connectivity index (χ4v) is 3.56. The molecule has 1 amide bonds. The number of hydrogen-bond acceptors (Lipinski definition) is 4. The zero-order valence-corrected chi connectivity index (χ0v) is 15.6. The molecule has 0 radical (unpaired) electrons. The third-order valence-electron chi connectivity index (χ3n) is 3.36. The number of amidine groups is 1. The van der Waals surface area contributed by atoms with E-state index in [1.165, 1.54) is 11.8 Å². The number of benzene rings is 2. The van der Waals surface area contributed by atoms with Crippen molar-refractivity contribution in [2.24, 2.45) is 10.2 Å². The lowest BCUT2D eigenvalue weighted by Gasteiger charge is -2.05. The third-order valence-corrected chi connectivity index (χ3v) is 5.31. The zero-order chi connectivity index (χ0) is 16.9. The lowest BCUT2D eigenvalue weighted by molar-refractivity contribution is -0.118. The molecule has 0 aliphatic carbocycles. The minimum absolute atomic E-state index is 0.0467. The molecule has 1 saturated heterocycles. The van der Waals surface area contributed by atoms with Crippen LogP contribution < -0.4 is 5.32 Å². The molecule has 0 aromatic heterocycles. The number of thioether (sulfide) groups is 1. The number of rotatable bonds is 4. The second-order valence-electron chi connectivity index (χ2n) is 5.10. The molecule has 1 aliphatic rings. The van der Waals surface area contributed by atoms with Crippen LogP contribution in [0, 0.1) is 0 Å². The van der Waals surface area contributed by atoms with E-state index >= 15 is 0 Å². The highest BCUT2D eigenvalue weighted by Crippen LogP contribution is 2.24. The van der Waals surface area contributed by atoms with Crippen LogP contribution in [0.15, 0.2) is 63.2 Å². The van der Waals surface area contributed by atoms with E-state index in [4.69, 9.17) is 11.6 Å². The predicted octanol–water partition coefficient (Wildman–Crippen LogP) is 4.27. The summed E-state index contributed by atoms with van der Waals surface area (Å²) >= 11 is 10.8. The SMILES string of the molecule is O=C1N/C(=N\N=C\c2ccccc2Cl)SC1Cc1ccc(Br)cc1. The number of halogens is 2. The Morgan fingerprint density at radius 1 is 1.21 bits per heavy atom. The van der Waals surface area contributed by atoms with Crippen molar-refractivity contribution in [1.82, 2.24) is 5.32 Å². The number of nitrogens with zero attached hydrogens (tertiary/aromatic N) is 2. The van der Waals surface area contributed by atoms with E-state index in [9.17, 15) is 4.79 Å². The van der Waals surface area contributed by atoms with E-state index in [1.807, 2.05) is 42.5 Å². The Bertz CT molecular complexity index is 808. The molecule has 0 bridgehead atoms. The summed E-state index contributed by atoms with van der Waals surface area (Å²) in [5, 5.41) is 11.8. The highest BCUT2D eigenvalue weighted by atomic mass is 79.9. The summed E-state index contributed by atoms with van der Waals surface area (Å²) in [6.07, 6.45) is 2.22. The molecule has 1 aliphatic heterocycles. The van der Waals surface area contributed by atoms with Crippen LogP contribution in [-0.2, 0) is 11.2 Å². The van der Waals surface area contributed by atoms with Gasteiger partial charge in [0.1, 0.15) is 0 Å². The third kappa shape index (κ3) is 4.47. The number of amides is 1. The Morgan fingerprint density at radius 2 is 1.96 bits per heavy atom. The molecule has 2 aromatic rings. The van der Waals surface area contributed by atoms with Gasteiger partial charge in [-0.3, -0.25) is 4.79 Å². The highest BCUT2D eigenvalue weighted by Gasteiger charge is 2.30. The van der Waals surface area contributed by atoms with Crippen molar-refractivity contribution in [2.45, 2.75) is 11.7 Å². The maximum absolute atomic E-state index is 12.0. The summed E-state index contributed by atoms with van der Waals surface area (Å²) in [5.41, 5.74) is 1.89. The van der Waals surface area contributed by atoms with Crippen molar-refractivity contribution in [3.05, 3.63) is 69.2 Å². The van der Waals surface area contributed by atoms with E-state index in [2.05, 4.69) is 31.4 Å². The summed E-state index contributed by atoms with van der Waals surface area (Å²) < 4.78 is 1.02. The number of carbonyl (C=O) groups is 1. The van der Waals surface area contributed by atoms with Crippen LogP contribution in [0.1, 0.15) is 11.1 Å². The van der Waals surface area contributed by atoms with Gasteiger partial charge >= 0.3 is 0 Å². The van der Waals surface area contributed by atoms with Crippen molar-refractivity contribution < 1.29 is 4.79 Å². The average Bonchev–Trinajstić information content (AvgIpc) is 2.91. The normalized spacial score (nSPS) is 19.2. The van der Waals surface area contributed by atoms with Crippen molar-refractivity contribution in [3.8, 4) is 0 Å². The standard InChI is InChI=1S/C17H13BrClN3OS/c18-13-7-5-11(6-8-13)9-15-16(23)21-17(24-15)22-20-10-12-3-1-2-4-14(12)19/h1-8,10,15H,9H2,(H,21,22,23)/b20-10+. The van der Waals surface area contributed by atoms with Crippen LogP contribution in [-0.4, -0.2) is 22.5 Å². The fraction of sp³-hybridized carbons (Fsp3) is 0.118. The summed E-state index contributed by atoms with van der Waals surface area (Å²) in [6, 6.07) is 15.3. The molecule has 1 heterocycles. The summed E-state index contributed by atoms with van der Waals surface area (Å²) in [6.45, 7) is 0. The van der Waals surface area contributed by atoms with Gasteiger partial charge in [-0.1, -0.05) is 69.6 Å². The summed E-state index contributed by atoms with van der Waals surface area (Å²) in [4.78, 5) is 12.0. The van der Waals surface area contributed by atoms with Crippen molar-refractivity contribution in [3.63, 3.8) is 0 Å². The summed E-state index contributed by atoms with van der Waals surface area (Å²) in [5.74, 6) is -0.0467. The van der Waals surface area contributed by atoms with Gasteiger partial charge < -0.3 is 5.32 Å². The minimum atomic E-state index is -0.194. The Hall–Kier alpha value is -1.63. The molecule has 2 aromatic carbocycles. The first-order chi connectivity index (χ1) is 11.6. The van der Waals surface area contributed by atoms with E-state index in [0.717, 1.165) is 15.6 Å². The first kappa shape index (κ1) is 17.2. The van der Waals surface area contributed by atoms with Gasteiger partial charge in [-0.2, -0.15) is 5.10 Å². The molecule has 4 nitrogen and oxygen atoms in total. The largest absolute Gasteiger partial charge is 0.303 e. The van der Waals surface area contributed by atoms with Gasteiger partial charge in [0.15, 0.2) is 5.17 Å². The molecule has 7 heteroatoms. The molecular formula is C17H13BrClN3OS. The predicted molar refractivity (Wildman–Crippen MR) is 104 cm³/mol. The van der Waals surface area contributed by atoms with Crippen molar-refractivity contribution in [1.29, 1.82) is 0 Å². The van der Waals surface area contributed by atoms with Gasteiger partial charge in [0.2, 0.25) is 5.91 Å². The second-order valence-corrected chi connectivity index (χ2v) is 7.61. The molecule has 0 spiro atoms. The summed E-state index contributed by atoms with van der Waals surface area (Å²) in [7, 11) is 0. The quantitative estimate of drug-likeness (QED) is 0.591. The van der Waals surface area contributed by atoms with Crippen LogP contribution in [0.25, 0.3) is 0 Å². The Kier molecular flexibility index (Phi) is 5.71. The highest BCUT2D eigenvalue weighted by molar-refractivity contribution is 9.10. The number of hydrogen-bond donors (Lipinski definition) is 1. The van der Waals surface area contributed by atoms with Crippen LogP contribution in [0.3, 0.4) is 0 Å². The van der Waals surface area contributed by atoms with E-state index in [-0.39, 0.29) is 11.2 Å². The minimum Gasteiger partial charge on any atom is -0.303 e. The van der Waals surface area contributed by atoms with E-state index < -0.39 is 0 Å². The Balaban J connectivity index is 1.63. The first-order valence-corrected chi connectivity index (χ1v) is 9.24. The van der Waals surface area contributed by atoms with E-state index in [0.29, 0.717) is 16.6 Å². The number of nitrogens with one attached hydrogen (secondary N) is 1. The fourth-order valence-electron chi connectivity index (χ4n) is 2.14. The van der Waals surface area contributed by atoms with Crippen LogP contribution in [0.2, 0.25) is 5.02 Å². The molecule has 1 fully saturated rings. The van der Waals surface area contributed by atoms with Gasteiger partial charge in [-0.25, -0.2) is 0 Å².